The van der Waals surface area contributed by atoms with Crippen LogP contribution in [0.2, 0.25) is 0 Å². The van der Waals surface area contributed by atoms with E-state index in [-0.39, 0.29) is 23.9 Å². The van der Waals surface area contributed by atoms with Gasteiger partial charge in [-0.1, -0.05) is 84.9 Å². The molecule has 14 heteroatoms. The van der Waals surface area contributed by atoms with Gasteiger partial charge in [0.1, 0.15) is 34.9 Å². The summed E-state index contributed by atoms with van der Waals surface area (Å²) in [5, 5.41) is 5.68. The first-order chi connectivity index (χ1) is 31.6. The highest BCUT2D eigenvalue weighted by atomic mass is 16.6. The Hall–Kier alpha value is -6.44. The van der Waals surface area contributed by atoms with Gasteiger partial charge in [-0.2, -0.15) is 0 Å². The number of hydrogen-bond donors (Lipinski definition) is 4. The molecule has 0 spiro atoms. The second-order valence-corrected chi connectivity index (χ2v) is 19.9. The number of amides is 4. The van der Waals surface area contributed by atoms with Crippen LogP contribution in [0.3, 0.4) is 0 Å². The summed E-state index contributed by atoms with van der Waals surface area (Å²) in [6.07, 6.45) is 9.88. The van der Waals surface area contributed by atoms with Crippen molar-refractivity contribution in [2.75, 3.05) is 13.1 Å². The van der Waals surface area contributed by atoms with Gasteiger partial charge in [0.25, 0.3) is 11.8 Å². The minimum Gasteiger partial charge on any atom is -0.444 e. The van der Waals surface area contributed by atoms with E-state index in [4.69, 9.17) is 19.4 Å². The number of ether oxygens (including phenoxy) is 2. The number of carbonyl (C=O) groups is 4. The molecule has 4 heterocycles. The molecular formula is C52H64N8O6. The summed E-state index contributed by atoms with van der Waals surface area (Å²) in [6.45, 7) is 11.9. The number of hydrogen-bond acceptors (Lipinski definition) is 8. The molecule has 348 valence electrons. The van der Waals surface area contributed by atoms with Crippen molar-refractivity contribution in [1.82, 2.24) is 40.4 Å². The third kappa shape index (κ3) is 11.0. The van der Waals surface area contributed by atoms with Crippen molar-refractivity contribution in [3.8, 4) is 11.3 Å². The van der Waals surface area contributed by atoms with Gasteiger partial charge in [0.15, 0.2) is 0 Å². The van der Waals surface area contributed by atoms with Crippen LogP contribution in [0.4, 0.5) is 9.59 Å². The monoisotopic (exact) mass is 896 g/mol. The van der Waals surface area contributed by atoms with Crippen molar-refractivity contribution >= 4 is 24.0 Å². The molecule has 0 unspecified atom stereocenters. The van der Waals surface area contributed by atoms with Crippen LogP contribution in [0.5, 0.6) is 0 Å². The number of imidazole rings is 2. The molecule has 2 aliphatic heterocycles. The molecule has 1 saturated carbocycles. The fourth-order valence-electron chi connectivity index (χ4n) is 9.73. The fourth-order valence-corrected chi connectivity index (χ4v) is 9.73. The van der Waals surface area contributed by atoms with Crippen LogP contribution in [-0.2, 0) is 19.1 Å². The van der Waals surface area contributed by atoms with E-state index in [9.17, 15) is 19.2 Å². The van der Waals surface area contributed by atoms with E-state index in [1.54, 1.807) is 41.5 Å². The van der Waals surface area contributed by atoms with E-state index in [1.165, 1.54) is 5.56 Å². The maximum absolute atomic E-state index is 14.2. The summed E-state index contributed by atoms with van der Waals surface area (Å²) in [4.78, 5) is 74.6. The summed E-state index contributed by atoms with van der Waals surface area (Å²) in [7, 11) is 0. The number of carbonyl (C=O) groups excluding carboxylic acids is 4. The van der Waals surface area contributed by atoms with E-state index in [0.29, 0.717) is 36.1 Å². The Morgan fingerprint density at radius 1 is 0.591 bits per heavy atom. The van der Waals surface area contributed by atoms with Gasteiger partial charge in [-0.05, 0) is 121 Å². The summed E-state index contributed by atoms with van der Waals surface area (Å²) in [6, 6.07) is 25.1. The van der Waals surface area contributed by atoms with Gasteiger partial charge in [-0.15, -0.1) is 0 Å². The molecule has 4 N–H and O–H groups in total. The van der Waals surface area contributed by atoms with E-state index in [0.717, 1.165) is 80.0 Å². The number of likely N-dealkylation sites (tertiary alicyclic amines) is 2. The van der Waals surface area contributed by atoms with Crippen LogP contribution >= 0.6 is 0 Å². The van der Waals surface area contributed by atoms with Crippen LogP contribution in [0.15, 0.2) is 97.3 Å². The van der Waals surface area contributed by atoms with Gasteiger partial charge in [0.2, 0.25) is 0 Å². The normalized spacial score (nSPS) is 20.9. The van der Waals surface area contributed by atoms with Gasteiger partial charge in [-0.3, -0.25) is 9.59 Å². The average molecular weight is 897 g/mol. The van der Waals surface area contributed by atoms with Crippen LogP contribution in [-0.4, -0.2) is 78.0 Å². The number of benzene rings is 3. The topological polar surface area (TPSA) is 175 Å². The van der Waals surface area contributed by atoms with E-state index >= 15 is 0 Å². The van der Waals surface area contributed by atoms with Crippen LogP contribution in [0, 0.1) is 0 Å². The standard InChI is InChI=1S/C52H64N8O6/c1-51(2,3)65-49(63)57-43(37-15-9-7-10-16-37)47(61)59-29-13-19-41(59)45-53-31-39(55-45)35-25-21-33(22-26-35)34-23-27-36(28-24-34)40-32-54-46(56-40)42-20-14-30-60(42)48(62)44(38-17-11-8-12-18-38)58-50(64)66-52(4,5)6/h7-12,15-18,21-22,25-26,31-32,34,36,41-44H,13-14,19-20,23-24,27-30H2,1-6H3,(H,53,55)(H,54,56)(H,57,63)(H,58,64)/t34?,36?,41-,42-,43+,44+/m0/s1. The van der Waals surface area contributed by atoms with E-state index in [2.05, 4.69) is 44.9 Å². The highest BCUT2D eigenvalue weighted by Crippen LogP contribution is 2.42. The number of H-pyrrole nitrogens is 2. The van der Waals surface area contributed by atoms with Crippen LogP contribution in [0.1, 0.15) is 163 Å². The largest absolute Gasteiger partial charge is 0.444 e. The number of nitrogens with zero attached hydrogens (tertiary/aromatic N) is 4. The zero-order valence-electron chi connectivity index (χ0n) is 39.0. The van der Waals surface area contributed by atoms with Gasteiger partial charge in [0.05, 0.1) is 24.0 Å². The van der Waals surface area contributed by atoms with Crippen molar-refractivity contribution in [3.63, 3.8) is 0 Å². The highest BCUT2D eigenvalue weighted by Gasteiger charge is 2.39. The molecule has 14 nitrogen and oxygen atoms in total. The number of nitrogens with one attached hydrogen (secondary N) is 4. The third-order valence-corrected chi connectivity index (χ3v) is 12.9. The molecule has 2 saturated heterocycles. The summed E-state index contributed by atoms with van der Waals surface area (Å²) >= 11 is 0. The molecule has 0 radical (unpaired) electrons. The molecule has 3 fully saturated rings. The maximum Gasteiger partial charge on any atom is 0.408 e. The minimum atomic E-state index is -0.896. The van der Waals surface area contributed by atoms with E-state index in [1.807, 2.05) is 82.9 Å². The predicted molar refractivity (Wildman–Crippen MR) is 251 cm³/mol. The Morgan fingerprint density at radius 2 is 1.05 bits per heavy atom. The average Bonchev–Trinajstić information content (AvgIpc) is 4.14. The SMILES string of the molecule is CC(C)(C)OC(=O)N[C@@H](C(=O)N1CCC[C@H]1c1ncc(-c2ccc(C3CCC(c4cnc([C@@H]5CCCN5C(=O)[C@H](NC(=O)OC(C)(C)C)c5ccccc5)[nH]4)CC3)cc2)[nH]1)c1ccccc1. The van der Waals surface area contributed by atoms with Crippen molar-refractivity contribution in [3.05, 3.63) is 131 Å². The molecule has 8 rings (SSSR count). The van der Waals surface area contributed by atoms with Gasteiger partial charge in [0, 0.05) is 30.9 Å². The van der Waals surface area contributed by atoms with Crippen molar-refractivity contribution in [2.45, 2.75) is 140 Å². The molecule has 1 aliphatic carbocycles. The number of rotatable bonds is 11. The van der Waals surface area contributed by atoms with E-state index < -0.39 is 35.5 Å². The smallest absolute Gasteiger partial charge is 0.408 e. The molecule has 66 heavy (non-hydrogen) atoms. The predicted octanol–water partition coefficient (Wildman–Crippen LogP) is 10.1. The Bertz CT molecular complexity index is 2450. The van der Waals surface area contributed by atoms with Crippen LogP contribution < -0.4 is 10.6 Å². The maximum atomic E-state index is 14.2. The first-order valence-electron chi connectivity index (χ1n) is 23.5. The quantitative estimate of drug-likeness (QED) is 0.101. The zero-order chi connectivity index (χ0) is 46.6. The second kappa shape index (κ2) is 19.6. The molecule has 4 amide bonds. The van der Waals surface area contributed by atoms with Crippen LogP contribution in [0.25, 0.3) is 11.3 Å². The molecule has 5 aromatic rings. The molecular weight excluding hydrogens is 833 g/mol. The third-order valence-electron chi connectivity index (χ3n) is 12.9. The first-order valence-corrected chi connectivity index (χ1v) is 23.5. The Kier molecular flexibility index (Phi) is 13.7. The lowest BCUT2D eigenvalue weighted by Crippen LogP contribution is -2.44. The lowest BCUT2D eigenvalue weighted by atomic mass is 9.77. The molecule has 0 bridgehead atoms. The number of aromatic nitrogens is 4. The molecule has 3 aliphatic rings. The first kappa shape index (κ1) is 46.1. The zero-order valence-corrected chi connectivity index (χ0v) is 39.0. The Labute approximate surface area is 387 Å². The summed E-state index contributed by atoms with van der Waals surface area (Å²) in [5.41, 5.74) is 4.32. The number of aromatic amines is 2. The molecule has 3 aromatic carbocycles. The summed E-state index contributed by atoms with van der Waals surface area (Å²) < 4.78 is 11.1. The van der Waals surface area contributed by atoms with Crippen molar-refractivity contribution in [2.24, 2.45) is 0 Å². The second-order valence-electron chi connectivity index (χ2n) is 19.9. The van der Waals surface area contributed by atoms with Gasteiger partial charge in [-0.25, -0.2) is 19.6 Å². The summed E-state index contributed by atoms with van der Waals surface area (Å²) in [5.74, 6) is 1.93. The minimum absolute atomic E-state index is 0.178. The molecule has 4 atom stereocenters. The number of alkyl carbamates (subject to hydrolysis) is 2. The lowest BCUT2D eigenvalue weighted by molar-refractivity contribution is -0.135. The fraction of sp³-hybridized carbons (Fsp3) is 0.462. The highest BCUT2D eigenvalue weighted by molar-refractivity contribution is 5.88. The van der Waals surface area contributed by atoms with Gasteiger partial charge >= 0.3 is 12.2 Å². The lowest BCUT2D eigenvalue weighted by Gasteiger charge is -2.30. The van der Waals surface area contributed by atoms with Gasteiger partial charge < -0.3 is 39.9 Å². The Balaban J connectivity index is 0.876. The van der Waals surface area contributed by atoms with Crippen molar-refractivity contribution < 1.29 is 28.7 Å². The van der Waals surface area contributed by atoms with Crippen molar-refractivity contribution in [1.29, 1.82) is 0 Å². The molecule has 2 aromatic heterocycles. The Morgan fingerprint density at radius 3 is 1.53 bits per heavy atom.